The summed E-state index contributed by atoms with van der Waals surface area (Å²) in [7, 11) is 1.59. The van der Waals surface area contributed by atoms with E-state index in [2.05, 4.69) is 16.7 Å². The average Bonchev–Trinajstić information content (AvgIpc) is 2.38. The quantitative estimate of drug-likeness (QED) is 0.832. The summed E-state index contributed by atoms with van der Waals surface area (Å²) in [6, 6.07) is 8.68. The highest BCUT2D eigenvalue weighted by atomic mass is 16.5. The molecule has 0 radical (unpaired) electrons. The van der Waals surface area contributed by atoms with E-state index in [1.807, 2.05) is 12.1 Å². The minimum Gasteiger partial charge on any atom is -0.497 e. The summed E-state index contributed by atoms with van der Waals surface area (Å²) in [5, 5.41) is 14.5. The molecular weight excluding hydrogens is 230 g/mol. The normalized spacial score (nSPS) is 18.7. The summed E-state index contributed by atoms with van der Waals surface area (Å²) in [5.74, 6) is 0.734. The Labute approximate surface area is 105 Å². The molecule has 0 aromatic heterocycles. The number of methoxy groups -OCH3 is 1. The third-order valence-corrected chi connectivity index (χ3v) is 2.84. The number of hydrogen-bond acceptors (Lipinski definition) is 3. The molecule has 0 aliphatic carbocycles. The number of carbonyl (C=O) groups is 1. The molecule has 1 atom stereocenters. The van der Waals surface area contributed by atoms with Gasteiger partial charge in [0.25, 0.3) is 0 Å². The Hall–Kier alpha value is -2.48. The van der Waals surface area contributed by atoms with Gasteiger partial charge in [-0.3, -0.25) is 0 Å². The number of nitrogens with zero attached hydrogens (tertiary/aromatic N) is 1. The van der Waals surface area contributed by atoms with Gasteiger partial charge in [0, 0.05) is 5.70 Å². The number of nitriles is 1. The fourth-order valence-corrected chi connectivity index (χ4v) is 1.89. The van der Waals surface area contributed by atoms with E-state index in [4.69, 9.17) is 10.00 Å². The third-order valence-electron chi connectivity index (χ3n) is 2.84. The van der Waals surface area contributed by atoms with Crippen LogP contribution in [0.2, 0.25) is 0 Å². The van der Waals surface area contributed by atoms with Crippen molar-refractivity contribution in [3.8, 4) is 11.8 Å². The fraction of sp³-hybridized carbons (Fsp3) is 0.231. The maximum absolute atomic E-state index is 11.5. The predicted molar refractivity (Wildman–Crippen MR) is 65.7 cm³/mol. The Morgan fingerprint density at radius 2 is 2.00 bits per heavy atom. The molecule has 18 heavy (non-hydrogen) atoms. The third kappa shape index (κ3) is 2.13. The van der Waals surface area contributed by atoms with Gasteiger partial charge >= 0.3 is 6.03 Å². The van der Waals surface area contributed by atoms with E-state index in [1.54, 1.807) is 26.2 Å². The van der Waals surface area contributed by atoms with Gasteiger partial charge in [-0.15, -0.1) is 0 Å². The molecule has 0 bridgehead atoms. The first-order valence-electron chi connectivity index (χ1n) is 5.48. The van der Waals surface area contributed by atoms with Crippen LogP contribution in [0, 0.1) is 11.3 Å². The lowest BCUT2D eigenvalue weighted by molar-refractivity contribution is 0.239. The second-order valence-electron chi connectivity index (χ2n) is 3.96. The van der Waals surface area contributed by atoms with Crippen LogP contribution in [0.4, 0.5) is 4.79 Å². The van der Waals surface area contributed by atoms with Crippen molar-refractivity contribution in [1.82, 2.24) is 10.6 Å². The van der Waals surface area contributed by atoms with Crippen LogP contribution in [0.25, 0.3) is 0 Å². The molecule has 1 heterocycles. The van der Waals surface area contributed by atoms with Gasteiger partial charge in [0.1, 0.15) is 5.75 Å². The van der Waals surface area contributed by atoms with Crippen LogP contribution < -0.4 is 15.4 Å². The van der Waals surface area contributed by atoms with E-state index in [0.29, 0.717) is 11.3 Å². The topological polar surface area (TPSA) is 74.2 Å². The molecular formula is C13H13N3O2. The minimum atomic E-state index is -0.408. The summed E-state index contributed by atoms with van der Waals surface area (Å²) in [5.41, 5.74) is 1.95. The Bertz CT molecular complexity index is 540. The van der Waals surface area contributed by atoms with Crippen LogP contribution >= 0.6 is 0 Å². The molecule has 0 saturated heterocycles. The van der Waals surface area contributed by atoms with E-state index in [9.17, 15) is 4.79 Å². The SMILES string of the molecule is COc1ccc(C2NC(=O)NC(C)=C2C#N)cc1. The standard InChI is InChI=1S/C13H13N3O2/c1-8-11(7-14)12(16-13(17)15-8)9-3-5-10(18-2)6-4-9/h3-6,12H,1-2H3,(H2,15,16,17). The highest BCUT2D eigenvalue weighted by molar-refractivity contribution is 5.79. The van der Waals surface area contributed by atoms with Gasteiger partial charge in [-0.05, 0) is 24.6 Å². The number of rotatable bonds is 2. The minimum absolute atomic E-state index is 0.299. The average molecular weight is 243 g/mol. The van der Waals surface area contributed by atoms with Crippen LogP contribution in [0.3, 0.4) is 0 Å². The van der Waals surface area contributed by atoms with E-state index >= 15 is 0 Å². The largest absolute Gasteiger partial charge is 0.497 e. The first-order chi connectivity index (χ1) is 8.65. The lowest BCUT2D eigenvalue weighted by Gasteiger charge is -2.25. The van der Waals surface area contributed by atoms with Crippen molar-refractivity contribution in [2.75, 3.05) is 7.11 Å². The van der Waals surface area contributed by atoms with Gasteiger partial charge in [0.15, 0.2) is 0 Å². The molecule has 5 nitrogen and oxygen atoms in total. The summed E-state index contributed by atoms with van der Waals surface area (Å²) in [6.45, 7) is 1.72. The van der Waals surface area contributed by atoms with Crippen LogP contribution in [0.15, 0.2) is 35.5 Å². The van der Waals surface area contributed by atoms with Gasteiger partial charge in [-0.1, -0.05) is 12.1 Å². The Balaban J connectivity index is 2.38. The fourth-order valence-electron chi connectivity index (χ4n) is 1.89. The molecule has 2 amide bonds. The zero-order valence-corrected chi connectivity index (χ0v) is 10.2. The van der Waals surface area contributed by atoms with Crippen LogP contribution in [-0.2, 0) is 0 Å². The van der Waals surface area contributed by atoms with E-state index in [-0.39, 0.29) is 6.03 Å². The molecule has 92 valence electrons. The predicted octanol–water partition coefficient (Wildman–Crippen LogP) is 1.85. The second-order valence-corrected chi connectivity index (χ2v) is 3.96. The maximum Gasteiger partial charge on any atom is 0.319 e. The highest BCUT2D eigenvalue weighted by Gasteiger charge is 2.26. The van der Waals surface area contributed by atoms with Gasteiger partial charge in [0.05, 0.1) is 24.8 Å². The van der Waals surface area contributed by atoms with Crippen molar-refractivity contribution in [2.45, 2.75) is 13.0 Å². The van der Waals surface area contributed by atoms with Gasteiger partial charge in [0.2, 0.25) is 0 Å². The number of allylic oxidation sites excluding steroid dienone is 1. The van der Waals surface area contributed by atoms with Crippen molar-refractivity contribution in [2.24, 2.45) is 0 Å². The van der Waals surface area contributed by atoms with Crippen molar-refractivity contribution >= 4 is 6.03 Å². The molecule has 0 fully saturated rings. The van der Waals surface area contributed by atoms with Crippen LogP contribution in [0.5, 0.6) is 5.75 Å². The Morgan fingerprint density at radius 1 is 1.33 bits per heavy atom. The highest BCUT2D eigenvalue weighted by Crippen LogP contribution is 2.27. The number of urea groups is 1. The molecule has 0 spiro atoms. The zero-order chi connectivity index (χ0) is 13.1. The molecule has 1 aliphatic heterocycles. The lowest BCUT2D eigenvalue weighted by atomic mass is 9.96. The van der Waals surface area contributed by atoms with E-state index < -0.39 is 6.04 Å². The molecule has 1 aromatic rings. The molecule has 0 saturated carbocycles. The summed E-state index contributed by atoms with van der Waals surface area (Å²) in [4.78, 5) is 11.5. The number of carbonyl (C=O) groups excluding carboxylic acids is 1. The number of amides is 2. The first kappa shape index (κ1) is 12.0. The van der Waals surface area contributed by atoms with E-state index in [0.717, 1.165) is 11.3 Å². The number of hydrogen-bond donors (Lipinski definition) is 2. The van der Waals surface area contributed by atoms with Crippen molar-refractivity contribution in [3.63, 3.8) is 0 Å². The van der Waals surface area contributed by atoms with Crippen LogP contribution in [0.1, 0.15) is 18.5 Å². The van der Waals surface area contributed by atoms with Crippen molar-refractivity contribution in [3.05, 3.63) is 41.1 Å². The maximum atomic E-state index is 11.5. The molecule has 1 aliphatic rings. The molecule has 1 aromatic carbocycles. The first-order valence-corrected chi connectivity index (χ1v) is 5.48. The smallest absolute Gasteiger partial charge is 0.319 e. The van der Waals surface area contributed by atoms with Gasteiger partial charge in [-0.25, -0.2) is 4.79 Å². The summed E-state index contributed by atoms with van der Waals surface area (Å²) < 4.78 is 5.08. The Kier molecular flexibility index (Phi) is 3.20. The van der Waals surface area contributed by atoms with Crippen molar-refractivity contribution in [1.29, 1.82) is 5.26 Å². The number of nitrogens with one attached hydrogen (secondary N) is 2. The number of ether oxygens (including phenoxy) is 1. The second kappa shape index (κ2) is 4.80. The number of benzene rings is 1. The molecule has 5 heteroatoms. The van der Waals surface area contributed by atoms with Crippen LogP contribution in [-0.4, -0.2) is 13.1 Å². The summed E-state index contributed by atoms with van der Waals surface area (Å²) >= 11 is 0. The van der Waals surface area contributed by atoms with E-state index in [1.165, 1.54) is 0 Å². The molecule has 2 N–H and O–H groups in total. The zero-order valence-electron chi connectivity index (χ0n) is 10.2. The monoisotopic (exact) mass is 243 g/mol. The van der Waals surface area contributed by atoms with Gasteiger partial charge < -0.3 is 15.4 Å². The van der Waals surface area contributed by atoms with Gasteiger partial charge in [-0.2, -0.15) is 5.26 Å². The summed E-state index contributed by atoms with van der Waals surface area (Å²) in [6.07, 6.45) is 0. The van der Waals surface area contributed by atoms with Crippen molar-refractivity contribution < 1.29 is 9.53 Å². The lowest BCUT2D eigenvalue weighted by Crippen LogP contribution is -2.43. The molecule has 2 rings (SSSR count). The Morgan fingerprint density at radius 3 is 2.56 bits per heavy atom. The molecule has 1 unspecified atom stereocenters.